The van der Waals surface area contributed by atoms with Gasteiger partial charge in [-0.2, -0.15) is 0 Å². The van der Waals surface area contributed by atoms with Gasteiger partial charge in [-0.15, -0.1) is 11.3 Å². The summed E-state index contributed by atoms with van der Waals surface area (Å²) in [5.41, 5.74) is 2.02. The normalized spacial score (nSPS) is 12.1. The SMILES string of the molecule is COc1ccc(C(NC(=O)/C=C/c2ccc(Br)s2)c2ccccc2)cc1. The van der Waals surface area contributed by atoms with Crippen molar-refractivity contribution >= 4 is 39.2 Å². The van der Waals surface area contributed by atoms with Crippen LogP contribution in [0, 0.1) is 0 Å². The molecule has 3 aromatic rings. The Morgan fingerprint density at radius 1 is 1.04 bits per heavy atom. The molecule has 0 aliphatic rings. The van der Waals surface area contributed by atoms with Gasteiger partial charge in [0.15, 0.2) is 0 Å². The van der Waals surface area contributed by atoms with Crippen molar-refractivity contribution in [1.82, 2.24) is 5.32 Å². The molecule has 26 heavy (non-hydrogen) atoms. The second-order valence-electron chi connectivity index (χ2n) is 5.60. The zero-order chi connectivity index (χ0) is 18.4. The third-order valence-corrected chi connectivity index (χ3v) is 5.45. The molecule has 1 heterocycles. The van der Waals surface area contributed by atoms with Gasteiger partial charge >= 0.3 is 0 Å². The number of rotatable bonds is 6. The number of thiophene rings is 1. The Kier molecular flexibility index (Phi) is 6.26. The number of hydrogen-bond donors (Lipinski definition) is 1. The number of ether oxygens (including phenoxy) is 1. The van der Waals surface area contributed by atoms with Gasteiger partial charge in [0, 0.05) is 11.0 Å². The number of carbonyl (C=O) groups excluding carboxylic acids is 1. The van der Waals surface area contributed by atoms with Gasteiger partial charge in [0.1, 0.15) is 5.75 Å². The molecule has 0 radical (unpaired) electrons. The van der Waals surface area contributed by atoms with Gasteiger partial charge in [0.25, 0.3) is 0 Å². The van der Waals surface area contributed by atoms with Crippen LogP contribution in [0.2, 0.25) is 0 Å². The maximum absolute atomic E-state index is 12.5. The van der Waals surface area contributed by atoms with Crippen LogP contribution in [0.4, 0.5) is 0 Å². The quantitative estimate of drug-likeness (QED) is 0.531. The van der Waals surface area contributed by atoms with E-state index in [1.165, 1.54) is 0 Å². The van der Waals surface area contributed by atoms with Crippen LogP contribution in [0.5, 0.6) is 5.75 Å². The molecule has 5 heteroatoms. The smallest absolute Gasteiger partial charge is 0.244 e. The van der Waals surface area contributed by atoms with Crippen LogP contribution < -0.4 is 10.1 Å². The van der Waals surface area contributed by atoms with Gasteiger partial charge < -0.3 is 10.1 Å². The molecule has 1 atom stereocenters. The van der Waals surface area contributed by atoms with Crippen LogP contribution in [-0.2, 0) is 4.79 Å². The second-order valence-corrected chi connectivity index (χ2v) is 8.10. The van der Waals surface area contributed by atoms with Crippen molar-refractivity contribution in [2.24, 2.45) is 0 Å². The zero-order valence-electron chi connectivity index (χ0n) is 14.2. The molecule has 1 aromatic heterocycles. The summed E-state index contributed by atoms with van der Waals surface area (Å²) in [6, 6.07) is 21.4. The summed E-state index contributed by atoms with van der Waals surface area (Å²) in [7, 11) is 1.64. The van der Waals surface area contributed by atoms with Gasteiger partial charge in [-0.25, -0.2) is 0 Å². The lowest BCUT2D eigenvalue weighted by Gasteiger charge is -2.19. The molecule has 0 saturated carbocycles. The lowest BCUT2D eigenvalue weighted by atomic mass is 9.98. The van der Waals surface area contributed by atoms with Crippen LogP contribution >= 0.6 is 27.3 Å². The molecule has 0 bridgehead atoms. The first-order valence-corrected chi connectivity index (χ1v) is 9.69. The van der Waals surface area contributed by atoms with E-state index in [0.717, 1.165) is 25.5 Å². The van der Waals surface area contributed by atoms with E-state index in [-0.39, 0.29) is 11.9 Å². The third-order valence-electron chi connectivity index (χ3n) is 3.86. The highest BCUT2D eigenvalue weighted by Gasteiger charge is 2.15. The average Bonchev–Trinajstić information content (AvgIpc) is 3.10. The van der Waals surface area contributed by atoms with Crippen molar-refractivity contribution in [3.05, 3.63) is 92.6 Å². The Balaban J connectivity index is 1.81. The van der Waals surface area contributed by atoms with Crippen molar-refractivity contribution in [1.29, 1.82) is 0 Å². The van der Waals surface area contributed by atoms with Crippen molar-refractivity contribution in [3.63, 3.8) is 0 Å². The Bertz CT molecular complexity index is 888. The highest BCUT2D eigenvalue weighted by atomic mass is 79.9. The fraction of sp³-hybridized carbons (Fsp3) is 0.0952. The second kappa shape index (κ2) is 8.83. The van der Waals surface area contributed by atoms with E-state index in [2.05, 4.69) is 21.2 Å². The van der Waals surface area contributed by atoms with Gasteiger partial charge in [-0.1, -0.05) is 42.5 Å². The maximum atomic E-state index is 12.5. The minimum atomic E-state index is -0.227. The summed E-state index contributed by atoms with van der Waals surface area (Å²) in [6.45, 7) is 0. The predicted octanol–water partition coefficient (Wildman–Crippen LogP) is 5.44. The molecule has 1 amide bonds. The topological polar surface area (TPSA) is 38.3 Å². The maximum Gasteiger partial charge on any atom is 0.244 e. The molecule has 1 N–H and O–H groups in total. The van der Waals surface area contributed by atoms with Gasteiger partial charge in [-0.3, -0.25) is 4.79 Å². The standard InChI is InChI=1S/C21H18BrNO2S/c1-25-17-9-7-16(8-10-17)21(15-5-3-2-4-6-15)23-20(24)14-12-18-11-13-19(22)26-18/h2-14,21H,1H3,(H,23,24)/b14-12+. The minimum Gasteiger partial charge on any atom is -0.497 e. The van der Waals surface area contributed by atoms with Crippen LogP contribution in [0.1, 0.15) is 22.0 Å². The fourth-order valence-corrected chi connectivity index (χ4v) is 3.89. The van der Waals surface area contributed by atoms with Crippen LogP contribution in [0.25, 0.3) is 6.08 Å². The van der Waals surface area contributed by atoms with Gasteiger partial charge in [-0.05, 0) is 57.4 Å². The van der Waals surface area contributed by atoms with Crippen LogP contribution in [0.3, 0.4) is 0 Å². The molecule has 0 fully saturated rings. The Morgan fingerprint density at radius 2 is 1.73 bits per heavy atom. The lowest BCUT2D eigenvalue weighted by molar-refractivity contribution is -0.116. The molecule has 3 nitrogen and oxygen atoms in total. The van der Waals surface area contributed by atoms with Crippen LogP contribution in [-0.4, -0.2) is 13.0 Å². The molecule has 0 aliphatic carbocycles. The Hall–Kier alpha value is -2.37. The number of nitrogens with one attached hydrogen (secondary N) is 1. The Labute approximate surface area is 165 Å². The van der Waals surface area contributed by atoms with Crippen molar-refractivity contribution < 1.29 is 9.53 Å². The van der Waals surface area contributed by atoms with Crippen molar-refractivity contribution in [2.45, 2.75) is 6.04 Å². The van der Waals surface area contributed by atoms with E-state index in [1.807, 2.05) is 72.8 Å². The number of amides is 1. The number of halogens is 1. The third kappa shape index (κ3) is 4.84. The average molecular weight is 428 g/mol. The largest absolute Gasteiger partial charge is 0.497 e. The van der Waals surface area contributed by atoms with E-state index in [1.54, 1.807) is 24.5 Å². The summed E-state index contributed by atoms with van der Waals surface area (Å²) in [4.78, 5) is 13.5. The molecule has 3 rings (SSSR count). The van der Waals surface area contributed by atoms with Crippen LogP contribution in [0.15, 0.2) is 76.6 Å². The summed E-state index contributed by atoms with van der Waals surface area (Å²) >= 11 is 5.01. The van der Waals surface area contributed by atoms with E-state index in [0.29, 0.717) is 0 Å². The summed E-state index contributed by atoms with van der Waals surface area (Å²) in [5.74, 6) is 0.647. The van der Waals surface area contributed by atoms with Crippen molar-refractivity contribution in [3.8, 4) is 5.75 Å². The fourth-order valence-electron chi connectivity index (χ4n) is 2.57. The molecular weight excluding hydrogens is 410 g/mol. The molecule has 1 unspecified atom stereocenters. The Morgan fingerprint density at radius 3 is 2.35 bits per heavy atom. The lowest BCUT2D eigenvalue weighted by Crippen LogP contribution is -2.27. The first kappa shape index (κ1) is 18.4. The monoisotopic (exact) mass is 427 g/mol. The molecule has 132 valence electrons. The van der Waals surface area contributed by atoms with E-state index in [9.17, 15) is 4.79 Å². The molecular formula is C21H18BrNO2S. The van der Waals surface area contributed by atoms with E-state index in [4.69, 9.17) is 4.74 Å². The predicted molar refractivity (Wildman–Crippen MR) is 110 cm³/mol. The highest BCUT2D eigenvalue weighted by molar-refractivity contribution is 9.11. The minimum absolute atomic E-state index is 0.140. The molecule has 2 aromatic carbocycles. The number of carbonyl (C=O) groups is 1. The zero-order valence-corrected chi connectivity index (χ0v) is 16.6. The molecule has 0 aliphatic heterocycles. The number of benzene rings is 2. The van der Waals surface area contributed by atoms with Gasteiger partial charge in [0.05, 0.1) is 16.9 Å². The first-order valence-electron chi connectivity index (χ1n) is 8.08. The molecule has 0 spiro atoms. The molecule has 0 saturated heterocycles. The number of methoxy groups -OCH3 is 1. The highest BCUT2D eigenvalue weighted by Crippen LogP contribution is 2.25. The van der Waals surface area contributed by atoms with Gasteiger partial charge in [0.2, 0.25) is 5.91 Å². The summed E-state index contributed by atoms with van der Waals surface area (Å²) in [6.07, 6.45) is 3.39. The first-order chi connectivity index (χ1) is 12.7. The van der Waals surface area contributed by atoms with E-state index < -0.39 is 0 Å². The van der Waals surface area contributed by atoms with E-state index >= 15 is 0 Å². The summed E-state index contributed by atoms with van der Waals surface area (Å²) in [5, 5.41) is 3.09. The van der Waals surface area contributed by atoms with Crippen molar-refractivity contribution in [2.75, 3.05) is 7.11 Å². The summed E-state index contributed by atoms with van der Waals surface area (Å²) < 4.78 is 6.26. The number of hydrogen-bond acceptors (Lipinski definition) is 3.